The molecule has 0 saturated heterocycles. The van der Waals surface area contributed by atoms with Crippen LogP contribution >= 0.6 is 11.3 Å². The number of carboxylic acids is 1. The first-order valence-corrected chi connectivity index (χ1v) is 8.86. The number of aryl methyl sites for hydroxylation is 2. The molecule has 3 rings (SSSR count). The number of ketones is 1. The van der Waals surface area contributed by atoms with Gasteiger partial charge in [0.1, 0.15) is 5.69 Å². The molecule has 0 radical (unpaired) electrons. The quantitative estimate of drug-likeness (QED) is 0.673. The fourth-order valence-electron chi connectivity index (χ4n) is 3.01. The van der Waals surface area contributed by atoms with Gasteiger partial charge in [0.25, 0.3) is 0 Å². The predicted octanol–water partition coefficient (Wildman–Crippen LogP) is 3.37. The largest absolute Gasteiger partial charge is 0.545 e. The van der Waals surface area contributed by atoms with Gasteiger partial charge in [-0.2, -0.15) is 0 Å². The van der Waals surface area contributed by atoms with E-state index in [-0.39, 0.29) is 11.3 Å². The lowest BCUT2D eigenvalue weighted by Crippen LogP contribution is -2.21. The number of nitrogens with zero attached hydrogens (tertiary/aromatic N) is 1. The van der Waals surface area contributed by atoms with Crippen molar-refractivity contribution in [1.82, 2.24) is 9.97 Å². The zero-order valence-electron chi connectivity index (χ0n) is 14.9. The smallest absolute Gasteiger partial charge is 0.188 e. The van der Waals surface area contributed by atoms with Gasteiger partial charge in [-0.3, -0.25) is 4.79 Å². The normalized spacial score (nSPS) is 10.8. The van der Waals surface area contributed by atoms with Crippen molar-refractivity contribution in [2.45, 2.75) is 27.7 Å². The third-order valence-electron chi connectivity index (χ3n) is 4.19. The van der Waals surface area contributed by atoms with E-state index in [1.165, 1.54) is 23.5 Å². The second-order valence-electron chi connectivity index (χ2n) is 6.09. The number of aromatic amines is 1. The molecule has 6 nitrogen and oxygen atoms in total. The Morgan fingerprint density at radius 2 is 1.81 bits per heavy atom. The molecule has 26 heavy (non-hydrogen) atoms. The summed E-state index contributed by atoms with van der Waals surface area (Å²) in [5, 5.41) is 14.7. The van der Waals surface area contributed by atoms with Crippen LogP contribution in [-0.2, 0) is 0 Å². The van der Waals surface area contributed by atoms with Crippen molar-refractivity contribution in [1.29, 1.82) is 0 Å². The molecule has 2 aromatic heterocycles. The highest BCUT2D eigenvalue weighted by molar-refractivity contribution is 7.16. The number of anilines is 2. The highest BCUT2D eigenvalue weighted by Gasteiger charge is 2.20. The standard InChI is InChI=1S/C19H19N3O3S/c1-9-15(11(3)23)10(2)20-16(9)17-12(4)26-19(22-17)21-14-7-5-13(6-8-14)18(24)25/h5-8,20H,1-4H3,(H,21,22)(H,24,25)/p-1. The van der Waals surface area contributed by atoms with Crippen LogP contribution in [-0.4, -0.2) is 21.7 Å². The number of nitrogens with one attached hydrogen (secondary N) is 2. The minimum absolute atomic E-state index is 0.0294. The summed E-state index contributed by atoms with van der Waals surface area (Å²) in [6.07, 6.45) is 0. The van der Waals surface area contributed by atoms with Gasteiger partial charge in [0, 0.05) is 21.8 Å². The van der Waals surface area contributed by atoms with Crippen LogP contribution < -0.4 is 10.4 Å². The number of Topliss-reactive ketones (excluding diaryl/α,β-unsaturated/α-hetero) is 1. The van der Waals surface area contributed by atoms with Crippen LogP contribution in [0, 0.1) is 20.8 Å². The Balaban J connectivity index is 1.91. The van der Waals surface area contributed by atoms with E-state index in [2.05, 4.69) is 15.3 Å². The van der Waals surface area contributed by atoms with Crippen LogP contribution in [0.5, 0.6) is 0 Å². The molecule has 0 amide bonds. The molecule has 7 heteroatoms. The van der Waals surface area contributed by atoms with Gasteiger partial charge in [-0.1, -0.05) is 12.1 Å². The lowest BCUT2D eigenvalue weighted by Gasteiger charge is -2.05. The molecule has 2 N–H and O–H groups in total. The maximum Gasteiger partial charge on any atom is 0.188 e. The van der Waals surface area contributed by atoms with E-state index in [1.807, 2.05) is 20.8 Å². The number of carbonyl (C=O) groups excluding carboxylic acids is 2. The Bertz CT molecular complexity index is 1000. The Morgan fingerprint density at radius 1 is 1.15 bits per heavy atom. The van der Waals surface area contributed by atoms with E-state index in [9.17, 15) is 14.7 Å². The van der Waals surface area contributed by atoms with Crippen molar-refractivity contribution >= 4 is 33.9 Å². The number of benzene rings is 1. The van der Waals surface area contributed by atoms with E-state index in [0.717, 1.165) is 33.2 Å². The maximum atomic E-state index is 11.8. The van der Waals surface area contributed by atoms with Crippen molar-refractivity contribution < 1.29 is 14.7 Å². The van der Waals surface area contributed by atoms with Crippen molar-refractivity contribution in [3.63, 3.8) is 0 Å². The molecule has 0 saturated carbocycles. The summed E-state index contributed by atoms with van der Waals surface area (Å²) < 4.78 is 0. The zero-order chi connectivity index (χ0) is 19.0. The Hall–Kier alpha value is -2.93. The summed E-state index contributed by atoms with van der Waals surface area (Å²) in [6.45, 7) is 7.33. The molecule has 0 aliphatic carbocycles. The molecule has 0 atom stereocenters. The number of H-pyrrole nitrogens is 1. The van der Waals surface area contributed by atoms with Crippen molar-refractivity contribution in [3.8, 4) is 11.4 Å². The molecule has 3 aromatic rings. The number of carbonyl (C=O) groups is 2. The third kappa shape index (κ3) is 3.25. The number of hydrogen-bond acceptors (Lipinski definition) is 6. The van der Waals surface area contributed by atoms with Crippen molar-refractivity contribution in [2.75, 3.05) is 5.32 Å². The van der Waals surface area contributed by atoms with Crippen molar-refractivity contribution in [2.24, 2.45) is 0 Å². The van der Waals surface area contributed by atoms with Crippen molar-refractivity contribution in [3.05, 3.63) is 51.5 Å². The lowest BCUT2D eigenvalue weighted by molar-refractivity contribution is -0.255. The molecule has 0 bridgehead atoms. The average molecular weight is 368 g/mol. The van der Waals surface area contributed by atoms with Gasteiger partial charge in [-0.05, 0) is 51.0 Å². The molecule has 134 valence electrons. The van der Waals surface area contributed by atoms with E-state index < -0.39 is 5.97 Å². The van der Waals surface area contributed by atoms with Gasteiger partial charge >= 0.3 is 0 Å². The molecule has 0 aliphatic heterocycles. The van der Waals surface area contributed by atoms with E-state index in [4.69, 9.17) is 0 Å². The predicted molar refractivity (Wildman–Crippen MR) is 100 cm³/mol. The van der Waals surface area contributed by atoms with Crippen LogP contribution in [0.3, 0.4) is 0 Å². The molecule has 0 unspecified atom stereocenters. The Labute approximate surface area is 154 Å². The summed E-state index contributed by atoms with van der Waals surface area (Å²) in [6, 6.07) is 6.30. The first kappa shape index (κ1) is 17.9. The molecule has 0 aliphatic rings. The van der Waals surface area contributed by atoms with Gasteiger partial charge < -0.3 is 20.2 Å². The van der Waals surface area contributed by atoms with Gasteiger partial charge in [-0.25, -0.2) is 4.98 Å². The van der Waals surface area contributed by atoms with E-state index in [1.54, 1.807) is 19.1 Å². The molecule has 0 spiro atoms. The van der Waals surface area contributed by atoms with Crippen LogP contribution in [0.25, 0.3) is 11.4 Å². The highest BCUT2D eigenvalue weighted by Crippen LogP contribution is 2.35. The SMILES string of the molecule is CC(=O)c1c(C)[nH]c(-c2nc(Nc3ccc(C(=O)[O-])cc3)sc2C)c1C. The Kier molecular flexibility index (Phi) is 4.65. The van der Waals surface area contributed by atoms with Gasteiger partial charge in [0.05, 0.1) is 11.7 Å². The minimum Gasteiger partial charge on any atom is -0.545 e. The zero-order valence-corrected chi connectivity index (χ0v) is 15.7. The topological polar surface area (TPSA) is 97.9 Å². The molecule has 0 fully saturated rings. The maximum absolute atomic E-state index is 11.8. The lowest BCUT2D eigenvalue weighted by atomic mass is 10.1. The fourth-order valence-corrected chi connectivity index (χ4v) is 3.85. The molecule has 1 aromatic carbocycles. The average Bonchev–Trinajstić information content (AvgIpc) is 3.06. The molecular formula is C19H18N3O3S-. The van der Waals surface area contributed by atoms with Crippen LogP contribution in [0.4, 0.5) is 10.8 Å². The summed E-state index contributed by atoms with van der Waals surface area (Å²) in [4.78, 5) is 31.6. The second kappa shape index (κ2) is 6.76. The first-order valence-electron chi connectivity index (χ1n) is 8.04. The number of hydrogen-bond donors (Lipinski definition) is 2. The van der Waals surface area contributed by atoms with Crippen LogP contribution in [0.15, 0.2) is 24.3 Å². The number of rotatable bonds is 5. The Morgan fingerprint density at radius 3 is 2.35 bits per heavy atom. The number of aromatic nitrogens is 2. The highest BCUT2D eigenvalue weighted by atomic mass is 32.1. The van der Waals surface area contributed by atoms with Crippen LogP contribution in [0.1, 0.15) is 43.8 Å². The number of carboxylic acid groups (broad SMARTS) is 1. The molecule has 2 heterocycles. The fraction of sp³-hybridized carbons (Fsp3) is 0.211. The van der Waals surface area contributed by atoms with E-state index >= 15 is 0 Å². The van der Waals surface area contributed by atoms with Gasteiger partial charge in [0.15, 0.2) is 10.9 Å². The first-order chi connectivity index (χ1) is 12.3. The third-order valence-corrected chi connectivity index (χ3v) is 5.08. The molecular weight excluding hydrogens is 350 g/mol. The summed E-state index contributed by atoms with van der Waals surface area (Å²) >= 11 is 1.49. The summed E-state index contributed by atoms with van der Waals surface area (Å²) in [5.74, 6) is -1.18. The van der Waals surface area contributed by atoms with E-state index in [0.29, 0.717) is 10.7 Å². The van der Waals surface area contributed by atoms with Crippen LogP contribution in [0.2, 0.25) is 0 Å². The number of aromatic carboxylic acids is 1. The number of thiazole rings is 1. The summed E-state index contributed by atoms with van der Waals surface area (Å²) in [7, 11) is 0. The van der Waals surface area contributed by atoms with Gasteiger partial charge in [0.2, 0.25) is 0 Å². The second-order valence-corrected chi connectivity index (χ2v) is 7.30. The van der Waals surface area contributed by atoms with Gasteiger partial charge in [-0.15, -0.1) is 11.3 Å². The minimum atomic E-state index is -1.21. The monoisotopic (exact) mass is 368 g/mol. The summed E-state index contributed by atoms with van der Waals surface area (Å²) in [5.41, 5.74) is 4.96.